The van der Waals surface area contributed by atoms with Gasteiger partial charge in [0.1, 0.15) is 6.61 Å². The number of hydrogen-bond donors (Lipinski definition) is 2. The fraction of sp³-hybridized carbons (Fsp3) is 0.800. The first-order chi connectivity index (χ1) is 7.49. The minimum absolute atomic E-state index is 0.0209. The first-order valence-electron chi connectivity index (χ1n) is 5.28. The molecule has 1 heterocycles. The van der Waals surface area contributed by atoms with Crippen LogP contribution in [0.15, 0.2) is 0 Å². The third-order valence-corrected chi connectivity index (χ3v) is 2.83. The van der Waals surface area contributed by atoms with Gasteiger partial charge in [-0.3, -0.25) is 9.59 Å². The molecule has 16 heavy (non-hydrogen) atoms. The maximum Gasteiger partial charge on any atom is 0.311 e. The van der Waals surface area contributed by atoms with Crippen LogP contribution in [-0.4, -0.2) is 54.7 Å². The van der Waals surface area contributed by atoms with Crippen LogP contribution in [0.5, 0.6) is 0 Å². The normalized spacial score (nSPS) is 24.8. The van der Waals surface area contributed by atoms with E-state index in [1.165, 1.54) is 4.90 Å². The van der Waals surface area contributed by atoms with Crippen LogP contribution >= 0.6 is 0 Å². The molecule has 1 fully saturated rings. The molecule has 0 aromatic heterocycles. The van der Waals surface area contributed by atoms with Gasteiger partial charge in [0.25, 0.3) is 0 Å². The van der Waals surface area contributed by atoms with E-state index in [-0.39, 0.29) is 19.1 Å². The first-order valence-corrected chi connectivity index (χ1v) is 5.28. The number of carbonyl (C=O) groups excluding carboxylic acids is 1. The first kappa shape index (κ1) is 12.9. The minimum atomic E-state index is -0.856. The van der Waals surface area contributed by atoms with E-state index in [0.29, 0.717) is 26.1 Å². The van der Waals surface area contributed by atoms with E-state index in [1.807, 2.05) is 0 Å². The van der Waals surface area contributed by atoms with Gasteiger partial charge in [0, 0.05) is 19.6 Å². The highest BCUT2D eigenvalue weighted by Crippen LogP contribution is 2.29. The van der Waals surface area contributed by atoms with Crippen molar-refractivity contribution in [2.75, 3.05) is 32.8 Å². The average Bonchev–Trinajstić information content (AvgIpc) is 2.63. The lowest BCUT2D eigenvalue weighted by molar-refractivity contribution is -0.147. The largest absolute Gasteiger partial charge is 0.481 e. The van der Waals surface area contributed by atoms with Crippen molar-refractivity contribution in [3.63, 3.8) is 0 Å². The van der Waals surface area contributed by atoms with Crippen molar-refractivity contribution < 1.29 is 19.4 Å². The Bertz CT molecular complexity index is 282. The van der Waals surface area contributed by atoms with E-state index in [4.69, 9.17) is 15.6 Å². The second-order valence-electron chi connectivity index (χ2n) is 4.27. The van der Waals surface area contributed by atoms with Gasteiger partial charge in [0.15, 0.2) is 0 Å². The Hall–Kier alpha value is -1.14. The van der Waals surface area contributed by atoms with Gasteiger partial charge in [0.2, 0.25) is 5.91 Å². The molecule has 3 N–H and O–H groups in total. The van der Waals surface area contributed by atoms with Gasteiger partial charge in [0.05, 0.1) is 12.0 Å². The van der Waals surface area contributed by atoms with Crippen LogP contribution in [-0.2, 0) is 14.3 Å². The number of carboxylic acid groups (broad SMARTS) is 1. The van der Waals surface area contributed by atoms with E-state index in [2.05, 4.69) is 0 Å². The molecular formula is C10H18N2O4. The maximum absolute atomic E-state index is 11.6. The fourth-order valence-electron chi connectivity index (χ4n) is 1.68. The van der Waals surface area contributed by atoms with Crippen LogP contribution in [0.1, 0.15) is 13.3 Å². The smallest absolute Gasteiger partial charge is 0.311 e. The number of nitrogens with two attached hydrogens (primary N) is 1. The van der Waals surface area contributed by atoms with Crippen molar-refractivity contribution in [1.82, 2.24) is 4.90 Å². The number of aliphatic carboxylic acids is 1. The number of rotatable bonds is 5. The molecule has 0 bridgehead atoms. The summed E-state index contributed by atoms with van der Waals surface area (Å²) >= 11 is 0. The zero-order valence-corrected chi connectivity index (χ0v) is 9.44. The summed E-state index contributed by atoms with van der Waals surface area (Å²) in [4.78, 5) is 24.1. The van der Waals surface area contributed by atoms with Crippen LogP contribution in [0.3, 0.4) is 0 Å². The number of ether oxygens (including phenoxy) is 1. The van der Waals surface area contributed by atoms with Gasteiger partial charge in [-0.05, 0) is 13.3 Å². The van der Waals surface area contributed by atoms with Crippen molar-refractivity contribution >= 4 is 11.9 Å². The highest BCUT2D eigenvalue weighted by Gasteiger charge is 2.41. The van der Waals surface area contributed by atoms with Gasteiger partial charge in [-0.25, -0.2) is 0 Å². The predicted molar refractivity (Wildman–Crippen MR) is 56.8 cm³/mol. The van der Waals surface area contributed by atoms with Gasteiger partial charge in [-0.1, -0.05) is 0 Å². The number of carboxylic acids is 1. The molecular weight excluding hydrogens is 212 g/mol. The molecule has 1 amide bonds. The van der Waals surface area contributed by atoms with E-state index in [1.54, 1.807) is 6.92 Å². The molecule has 0 aromatic carbocycles. The fourth-order valence-corrected chi connectivity index (χ4v) is 1.68. The standard InChI is InChI=1S/C10H18N2O4/c1-10(9(14)15)2-4-12(7-10)8(13)6-16-5-3-11/h2-7,11H2,1H3,(H,14,15). The Kier molecular flexibility index (Phi) is 4.26. The summed E-state index contributed by atoms with van der Waals surface area (Å²) in [6, 6.07) is 0. The molecule has 0 spiro atoms. The Morgan fingerprint density at radius 2 is 2.25 bits per heavy atom. The van der Waals surface area contributed by atoms with Gasteiger partial charge in [-0.15, -0.1) is 0 Å². The molecule has 92 valence electrons. The van der Waals surface area contributed by atoms with Crippen LogP contribution in [0.2, 0.25) is 0 Å². The number of amides is 1. The Balaban J connectivity index is 2.41. The summed E-state index contributed by atoms with van der Waals surface area (Å²) in [6.45, 7) is 3.09. The monoisotopic (exact) mass is 230 g/mol. The van der Waals surface area contributed by atoms with Crippen LogP contribution in [0.4, 0.5) is 0 Å². The lowest BCUT2D eigenvalue weighted by Gasteiger charge is -2.20. The molecule has 0 radical (unpaired) electrons. The molecule has 6 heteroatoms. The molecule has 1 saturated heterocycles. The molecule has 0 saturated carbocycles. The highest BCUT2D eigenvalue weighted by molar-refractivity contribution is 5.81. The maximum atomic E-state index is 11.6. The Labute approximate surface area is 94.3 Å². The van der Waals surface area contributed by atoms with Crippen LogP contribution in [0, 0.1) is 5.41 Å². The quantitative estimate of drug-likeness (QED) is 0.608. The zero-order valence-electron chi connectivity index (χ0n) is 9.44. The molecule has 1 aliphatic heterocycles. The molecule has 1 rings (SSSR count). The molecule has 0 aromatic rings. The number of hydrogen-bond acceptors (Lipinski definition) is 4. The zero-order chi connectivity index (χ0) is 12.2. The molecule has 1 unspecified atom stereocenters. The van der Waals surface area contributed by atoms with E-state index >= 15 is 0 Å². The lowest BCUT2D eigenvalue weighted by atomic mass is 9.90. The summed E-state index contributed by atoms with van der Waals surface area (Å²) in [5, 5.41) is 9.00. The Morgan fingerprint density at radius 1 is 1.56 bits per heavy atom. The molecule has 0 aliphatic carbocycles. The topological polar surface area (TPSA) is 92.9 Å². The molecule has 6 nitrogen and oxygen atoms in total. The van der Waals surface area contributed by atoms with Crippen molar-refractivity contribution in [2.45, 2.75) is 13.3 Å². The van der Waals surface area contributed by atoms with E-state index < -0.39 is 11.4 Å². The SMILES string of the molecule is CC1(C(=O)O)CCN(C(=O)COCCN)C1. The van der Waals surface area contributed by atoms with Gasteiger partial charge in [-0.2, -0.15) is 0 Å². The molecule has 1 aliphatic rings. The van der Waals surface area contributed by atoms with E-state index in [0.717, 1.165) is 0 Å². The number of carbonyl (C=O) groups is 2. The lowest BCUT2D eigenvalue weighted by Crippen LogP contribution is -2.36. The summed E-state index contributed by atoms with van der Waals surface area (Å²) in [7, 11) is 0. The highest BCUT2D eigenvalue weighted by atomic mass is 16.5. The Morgan fingerprint density at radius 3 is 2.75 bits per heavy atom. The van der Waals surface area contributed by atoms with Crippen molar-refractivity contribution in [1.29, 1.82) is 0 Å². The minimum Gasteiger partial charge on any atom is -0.481 e. The second kappa shape index (κ2) is 5.27. The predicted octanol–water partition coefficient (Wildman–Crippen LogP) is -0.715. The summed E-state index contributed by atoms with van der Waals surface area (Å²) in [5.74, 6) is -1.02. The van der Waals surface area contributed by atoms with Crippen LogP contribution in [0.25, 0.3) is 0 Å². The third-order valence-electron chi connectivity index (χ3n) is 2.83. The van der Waals surface area contributed by atoms with Gasteiger partial charge < -0.3 is 20.5 Å². The number of likely N-dealkylation sites (tertiary alicyclic amines) is 1. The third kappa shape index (κ3) is 2.93. The average molecular weight is 230 g/mol. The van der Waals surface area contributed by atoms with Gasteiger partial charge >= 0.3 is 5.97 Å². The molecule has 1 atom stereocenters. The van der Waals surface area contributed by atoms with Crippen LogP contribution < -0.4 is 5.73 Å². The summed E-state index contributed by atoms with van der Waals surface area (Å²) in [6.07, 6.45) is 0.491. The van der Waals surface area contributed by atoms with Crippen molar-refractivity contribution in [3.8, 4) is 0 Å². The second-order valence-corrected chi connectivity index (χ2v) is 4.27. The summed E-state index contributed by atoms with van der Waals surface area (Å²) < 4.78 is 5.02. The number of nitrogens with zero attached hydrogens (tertiary/aromatic N) is 1. The summed E-state index contributed by atoms with van der Waals surface area (Å²) in [5.41, 5.74) is 4.41. The van der Waals surface area contributed by atoms with Crippen molar-refractivity contribution in [2.24, 2.45) is 11.1 Å². The van der Waals surface area contributed by atoms with Crippen molar-refractivity contribution in [3.05, 3.63) is 0 Å². The van der Waals surface area contributed by atoms with E-state index in [9.17, 15) is 9.59 Å².